The Kier molecular flexibility index (Phi) is 21.4. The number of hydrogen-bond donors (Lipinski definition) is 2. The molecule has 0 amide bonds. The molecule has 1 atom stereocenters. The number of carbonyl (C=O) groups is 2. The number of aliphatic imine (C=N–C) groups is 1. The molecule has 3 N–H and O–H groups in total. The highest BCUT2D eigenvalue weighted by Gasteiger charge is 2.16. The van der Waals surface area contributed by atoms with E-state index >= 15 is 0 Å². The third kappa shape index (κ3) is 15.8. The lowest BCUT2D eigenvalue weighted by atomic mass is 9.91. The highest BCUT2D eigenvalue weighted by molar-refractivity contribution is 6.06. The van der Waals surface area contributed by atoms with Crippen molar-refractivity contribution in [3.05, 3.63) is 72.1 Å². The number of anilines is 1. The summed E-state index contributed by atoms with van der Waals surface area (Å²) < 4.78 is 9.36. The van der Waals surface area contributed by atoms with Gasteiger partial charge in [-0.2, -0.15) is 0 Å². The summed E-state index contributed by atoms with van der Waals surface area (Å²) in [5.74, 6) is 0.406. The van der Waals surface area contributed by atoms with E-state index in [2.05, 4.69) is 41.2 Å². The van der Waals surface area contributed by atoms with Crippen LogP contribution in [0.2, 0.25) is 0 Å². The van der Waals surface area contributed by atoms with Gasteiger partial charge in [0.25, 0.3) is 6.47 Å². The molecule has 0 saturated heterocycles. The fraction of sp³-hybridized carbons (Fsp3) is 0.469. The van der Waals surface area contributed by atoms with Crippen LogP contribution in [0, 0.1) is 5.92 Å². The summed E-state index contributed by atoms with van der Waals surface area (Å²) >= 11 is 0. The van der Waals surface area contributed by atoms with E-state index < -0.39 is 0 Å². The summed E-state index contributed by atoms with van der Waals surface area (Å²) in [7, 11) is 7.09. The molecule has 222 valence electrons. The third-order valence-corrected chi connectivity index (χ3v) is 5.86. The fourth-order valence-corrected chi connectivity index (χ4v) is 3.80. The Bertz CT molecular complexity index is 970. The Morgan fingerprint density at radius 3 is 2.02 bits per heavy atom. The molecular formula is C32H50N4O4. The zero-order valence-electron chi connectivity index (χ0n) is 25.4. The lowest BCUT2D eigenvalue weighted by Crippen LogP contribution is -2.26. The van der Waals surface area contributed by atoms with E-state index in [1.54, 1.807) is 7.11 Å². The monoisotopic (exact) mass is 554 g/mol. The number of aldehydes is 1. The first-order valence-electron chi connectivity index (χ1n) is 13.9. The van der Waals surface area contributed by atoms with Crippen LogP contribution in [0.5, 0.6) is 0 Å². The van der Waals surface area contributed by atoms with Crippen molar-refractivity contribution in [1.29, 1.82) is 0 Å². The van der Waals surface area contributed by atoms with E-state index in [1.807, 2.05) is 63.2 Å². The van der Waals surface area contributed by atoms with Crippen LogP contribution in [-0.4, -0.2) is 57.8 Å². The largest absolute Gasteiger partial charge is 0.471 e. The standard InChI is InChI=1S/C21H28N4O.C7H12O.C2H4O2.C2H6/c1-16(26-4)21(24-18-8-6-5-7-9-18)20(14-22)23-19-12-10-17(11-13-19)15-25(2)3;8-6-7-4-2-1-3-5-7;1-4-2-3;1-2/h5-14,16,23H,15,22H2,1-4H3;6-7H,1-5H2;2H,1H3;1-2H3/b20-14+,24-21?;;;/t16-;;;/m0.../s1. The SMILES string of the molecule is CC.COC=O.CO[C@@H](C)C(=Nc1ccccc1)/C(=C\N)Nc1ccc(CN(C)C)cc1.O=CC1CCCCC1. The molecule has 1 aliphatic carbocycles. The van der Waals surface area contributed by atoms with Crippen LogP contribution in [0.3, 0.4) is 0 Å². The van der Waals surface area contributed by atoms with Crippen LogP contribution < -0.4 is 11.1 Å². The van der Waals surface area contributed by atoms with Crippen molar-refractivity contribution in [2.24, 2.45) is 16.6 Å². The molecule has 8 heteroatoms. The van der Waals surface area contributed by atoms with Gasteiger partial charge in [-0.15, -0.1) is 0 Å². The van der Waals surface area contributed by atoms with Gasteiger partial charge in [-0.25, -0.2) is 4.99 Å². The predicted octanol–water partition coefficient (Wildman–Crippen LogP) is 6.35. The topological polar surface area (TPSA) is 106 Å². The molecule has 0 radical (unpaired) electrons. The van der Waals surface area contributed by atoms with Gasteiger partial charge in [0.05, 0.1) is 30.3 Å². The number of rotatable bonds is 10. The van der Waals surface area contributed by atoms with Crippen LogP contribution in [-0.2, 0) is 25.6 Å². The zero-order valence-corrected chi connectivity index (χ0v) is 25.4. The first-order valence-corrected chi connectivity index (χ1v) is 13.9. The Hall–Kier alpha value is -3.49. The van der Waals surface area contributed by atoms with E-state index in [4.69, 9.17) is 20.3 Å². The average molecular weight is 555 g/mol. The lowest BCUT2D eigenvalue weighted by Gasteiger charge is -2.18. The molecule has 3 rings (SSSR count). The fourth-order valence-electron chi connectivity index (χ4n) is 3.80. The molecule has 0 aromatic heterocycles. The second kappa shape index (κ2) is 23.4. The smallest absolute Gasteiger partial charge is 0.292 e. The van der Waals surface area contributed by atoms with Crippen molar-refractivity contribution in [1.82, 2.24) is 4.90 Å². The minimum Gasteiger partial charge on any atom is -0.471 e. The average Bonchev–Trinajstić information content (AvgIpc) is 3.01. The van der Waals surface area contributed by atoms with Crippen molar-refractivity contribution in [3.63, 3.8) is 0 Å². The minimum atomic E-state index is -0.203. The van der Waals surface area contributed by atoms with Crippen molar-refractivity contribution < 1.29 is 19.1 Å². The van der Waals surface area contributed by atoms with Crippen molar-refractivity contribution >= 4 is 29.8 Å². The summed E-state index contributed by atoms with van der Waals surface area (Å²) in [6.45, 7) is 7.23. The number of nitrogens with two attached hydrogens (primary N) is 1. The van der Waals surface area contributed by atoms with Gasteiger partial charge in [-0.3, -0.25) is 4.79 Å². The maximum atomic E-state index is 10.2. The minimum absolute atomic E-state index is 0.203. The van der Waals surface area contributed by atoms with Gasteiger partial charge in [0.1, 0.15) is 6.29 Å². The highest BCUT2D eigenvalue weighted by atomic mass is 16.5. The molecule has 0 aliphatic heterocycles. The predicted molar refractivity (Wildman–Crippen MR) is 167 cm³/mol. The van der Waals surface area contributed by atoms with Crippen LogP contribution in [0.25, 0.3) is 0 Å². The maximum Gasteiger partial charge on any atom is 0.292 e. The molecule has 1 aliphatic rings. The van der Waals surface area contributed by atoms with E-state index in [0.29, 0.717) is 12.4 Å². The summed E-state index contributed by atoms with van der Waals surface area (Å²) in [6.07, 6.45) is 8.60. The Morgan fingerprint density at radius 2 is 1.60 bits per heavy atom. The Morgan fingerprint density at radius 1 is 1.02 bits per heavy atom. The quantitative estimate of drug-likeness (QED) is 0.260. The van der Waals surface area contributed by atoms with Gasteiger partial charge in [0, 0.05) is 31.5 Å². The number of ether oxygens (including phenoxy) is 2. The molecule has 8 nitrogen and oxygen atoms in total. The van der Waals surface area contributed by atoms with Crippen LogP contribution in [0.1, 0.15) is 58.4 Å². The highest BCUT2D eigenvalue weighted by Crippen LogP contribution is 2.21. The van der Waals surface area contributed by atoms with E-state index in [1.165, 1.54) is 38.1 Å². The van der Waals surface area contributed by atoms with E-state index in [-0.39, 0.29) is 6.10 Å². The summed E-state index contributed by atoms with van der Waals surface area (Å²) in [5.41, 5.74) is 10.4. The molecule has 0 unspecified atom stereocenters. The summed E-state index contributed by atoms with van der Waals surface area (Å²) in [5, 5.41) is 3.36. The van der Waals surface area contributed by atoms with Crippen molar-refractivity contribution in [2.45, 2.75) is 65.5 Å². The summed E-state index contributed by atoms with van der Waals surface area (Å²) in [4.78, 5) is 26.0. The Labute approximate surface area is 241 Å². The molecule has 40 heavy (non-hydrogen) atoms. The third-order valence-electron chi connectivity index (χ3n) is 5.86. The Balaban J connectivity index is 0.000000892. The molecule has 2 aromatic rings. The molecule has 0 heterocycles. The second-order valence-electron chi connectivity index (χ2n) is 9.22. The number of para-hydroxylation sites is 1. The van der Waals surface area contributed by atoms with Gasteiger partial charge in [0.15, 0.2) is 0 Å². The van der Waals surface area contributed by atoms with Crippen molar-refractivity contribution in [2.75, 3.05) is 33.6 Å². The van der Waals surface area contributed by atoms with Gasteiger partial charge >= 0.3 is 0 Å². The van der Waals surface area contributed by atoms with Crippen LogP contribution >= 0.6 is 0 Å². The van der Waals surface area contributed by atoms with Gasteiger partial charge in [-0.05, 0) is 63.7 Å². The molecule has 2 aromatic carbocycles. The molecule has 0 bridgehead atoms. The van der Waals surface area contributed by atoms with Crippen LogP contribution in [0.15, 0.2) is 71.5 Å². The van der Waals surface area contributed by atoms with E-state index in [0.717, 1.165) is 48.5 Å². The molecule has 0 spiro atoms. The van der Waals surface area contributed by atoms with Gasteiger partial charge in [0.2, 0.25) is 0 Å². The van der Waals surface area contributed by atoms with Crippen LogP contribution in [0.4, 0.5) is 11.4 Å². The number of nitrogens with one attached hydrogen (secondary N) is 1. The molecule has 1 saturated carbocycles. The number of benzene rings is 2. The lowest BCUT2D eigenvalue weighted by molar-refractivity contribution is -0.126. The number of methoxy groups -OCH3 is 2. The molecule has 1 fully saturated rings. The second-order valence-corrected chi connectivity index (χ2v) is 9.22. The number of nitrogens with zero attached hydrogens (tertiary/aromatic N) is 2. The summed E-state index contributed by atoms with van der Waals surface area (Å²) in [6, 6.07) is 18.1. The van der Waals surface area contributed by atoms with E-state index in [9.17, 15) is 4.79 Å². The van der Waals surface area contributed by atoms with Gasteiger partial charge in [-0.1, -0.05) is 63.4 Å². The normalized spacial score (nSPS) is 14.2. The zero-order chi connectivity index (χ0) is 30.2. The first kappa shape index (κ1) is 36.5. The van der Waals surface area contributed by atoms with Gasteiger partial charge < -0.3 is 30.2 Å². The van der Waals surface area contributed by atoms with Crippen molar-refractivity contribution in [3.8, 4) is 0 Å². The maximum absolute atomic E-state index is 10.2. The number of hydrogen-bond acceptors (Lipinski definition) is 8. The molecular weight excluding hydrogens is 504 g/mol. The first-order chi connectivity index (χ1) is 19.4. The number of carbonyl (C=O) groups excluding carboxylic acids is 2.